The molecule has 5 heteroatoms. The Bertz CT molecular complexity index is 1080. The number of carbonyl (C=O) groups is 1. The van der Waals surface area contributed by atoms with Crippen molar-refractivity contribution in [3.8, 4) is 5.75 Å². The van der Waals surface area contributed by atoms with Gasteiger partial charge in [-0.1, -0.05) is 48.5 Å². The summed E-state index contributed by atoms with van der Waals surface area (Å²) in [6.45, 7) is 3.50. The number of nitrogens with one attached hydrogen (secondary N) is 1. The number of ether oxygens (including phenoxy) is 1. The quantitative estimate of drug-likeness (QED) is 0.480. The van der Waals surface area contributed by atoms with E-state index in [9.17, 15) is 4.79 Å². The van der Waals surface area contributed by atoms with Crippen LogP contribution in [0, 0.1) is 6.92 Å². The Morgan fingerprint density at radius 1 is 1.03 bits per heavy atom. The van der Waals surface area contributed by atoms with Crippen LogP contribution in [0.15, 0.2) is 77.2 Å². The lowest BCUT2D eigenvalue weighted by Crippen LogP contribution is -2.28. The second-order valence-corrected chi connectivity index (χ2v) is 6.94. The van der Waals surface area contributed by atoms with Crippen molar-refractivity contribution in [3.63, 3.8) is 0 Å². The molecule has 2 aromatic heterocycles. The molecule has 1 N–H and O–H groups in total. The van der Waals surface area contributed by atoms with E-state index < -0.39 is 0 Å². The normalized spacial score (nSPS) is 10.9. The highest BCUT2D eigenvalue weighted by Crippen LogP contribution is 2.24. The number of aromatic nitrogens is 1. The maximum atomic E-state index is 12.8. The lowest BCUT2D eigenvalue weighted by Gasteiger charge is -2.12. The number of hydrogen-bond donors (Lipinski definition) is 1. The number of furan rings is 1. The highest BCUT2D eigenvalue weighted by molar-refractivity contribution is 5.97. The first-order chi connectivity index (χ1) is 14.2. The zero-order valence-electron chi connectivity index (χ0n) is 16.4. The second kappa shape index (κ2) is 8.69. The molecule has 0 spiro atoms. The third-order valence-electron chi connectivity index (χ3n) is 4.81. The van der Waals surface area contributed by atoms with E-state index in [0.29, 0.717) is 25.4 Å². The number of carbonyl (C=O) groups excluding carboxylic acids is 1. The van der Waals surface area contributed by atoms with Gasteiger partial charge >= 0.3 is 0 Å². The van der Waals surface area contributed by atoms with Crippen molar-refractivity contribution in [1.29, 1.82) is 0 Å². The number of rotatable bonds is 8. The molecule has 0 aliphatic carbocycles. The molecule has 0 aliphatic rings. The van der Waals surface area contributed by atoms with Gasteiger partial charge in [-0.3, -0.25) is 4.79 Å². The molecule has 0 bridgehead atoms. The minimum atomic E-state index is -0.107. The molecule has 0 saturated carbocycles. The Morgan fingerprint density at radius 2 is 1.76 bits per heavy atom. The van der Waals surface area contributed by atoms with Crippen molar-refractivity contribution in [1.82, 2.24) is 9.88 Å². The lowest BCUT2D eigenvalue weighted by atomic mass is 10.1. The topological polar surface area (TPSA) is 56.4 Å². The molecule has 1 amide bonds. The standard InChI is InChI=1S/C24H24N2O3/c1-18-16-21-23(29-18)17-22(24(27)25-13-12-19-8-4-2-5-9-19)26(21)14-15-28-20-10-6-3-7-11-20/h2-11,16-17H,12-15H2,1H3,(H,25,27). The van der Waals surface area contributed by atoms with E-state index in [0.717, 1.165) is 29.0 Å². The molecule has 148 valence electrons. The number of para-hydroxylation sites is 1. The van der Waals surface area contributed by atoms with Gasteiger partial charge in [-0.15, -0.1) is 0 Å². The number of nitrogens with zero attached hydrogens (tertiary/aromatic N) is 1. The van der Waals surface area contributed by atoms with Gasteiger partial charge in [0.15, 0.2) is 5.58 Å². The van der Waals surface area contributed by atoms with Crippen molar-refractivity contribution in [2.45, 2.75) is 19.9 Å². The minimum absolute atomic E-state index is 0.107. The summed E-state index contributed by atoms with van der Waals surface area (Å²) in [6, 6.07) is 23.6. The van der Waals surface area contributed by atoms with Crippen molar-refractivity contribution < 1.29 is 13.9 Å². The molecule has 4 rings (SSSR count). The van der Waals surface area contributed by atoms with Gasteiger partial charge in [-0.2, -0.15) is 0 Å². The Balaban J connectivity index is 1.45. The molecule has 0 aliphatic heterocycles. The van der Waals surface area contributed by atoms with E-state index in [1.807, 2.05) is 72.2 Å². The van der Waals surface area contributed by atoms with Crippen LogP contribution < -0.4 is 10.1 Å². The third-order valence-corrected chi connectivity index (χ3v) is 4.81. The first-order valence-corrected chi connectivity index (χ1v) is 9.80. The molecule has 2 aromatic carbocycles. The van der Waals surface area contributed by atoms with Gasteiger partial charge in [0.05, 0.1) is 12.1 Å². The number of amides is 1. The average Bonchev–Trinajstić information content (AvgIpc) is 3.26. The number of aryl methyl sites for hydroxylation is 1. The number of hydrogen-bond acceptors (Lipinski definition) is 3. The molecule has 0 atom stereocenters. The number of fused-ring (bicyclic) bond motifs is 1. The zero-order chi connectivity index (χ0) is 20.1. The first-order valence-electron chi connectivity index (χ1n) is 9.80. The molecule has 0 fully saturated rings. The number of benzene rings is 2. The maximum Gasteiger partial charge on any atom is 0.268 e. The zero-order valence-corrected chi connectivity index (χ0v) is 16.4. The van der Waals surface area contributed by atoms with Crippen LogP contribution in [0.3, 0.4) is 0 Å². The van der Waals surface area contributed by atoms with Gasteiger partial charge in [-0.05, 0) is 31.0 Å². The van der Waals surface area contributed by atoms with Crippen LogP contribution in [0.5, 0.6) is 5.75 Å². The largest absolute Gasteiger partial charge is 0.492 e. The Labute approximate surface area is 169 Å². The predicted molar refractivity (Wildman–Crippen MR) is 113 cm³/mol. The fourth-order valence-electron chi connectivity index (χ4n) is 3.42. The van der Waals surface area contributed by atoms with Gasteiger partial charge in [0.2, 0.25) is 0 Å². The van der Waals surface area contributed by atoms with Crippen molar-refractivity contribution in [2.24, 2.45) is 0 Å². The van der Waals surface area contributed by atoms with Crippen LogP contribution in [0.1, 0.15) is 21.8 Å². The van der Waals surface area contributed by atoms with E-state index >= 15 is 0 Å². The van der Waals surface area contributed by atoms with Gasteiger partial charge in [0.1, 0.15) is 23.8 Å². The smallest absolute Gasteiger partial charge is 0.268 e. The SMILES string of the molecule is Cc1cc2c(cc(C(=O)NCCc3ccccc3)n2CCOc2ccccc2)o1. The van der Waals surface area contributed by atoms with Gasteiger partial charge < -0.3 is 19.0 Å². The highest BCUT2D eigenvalue weighted by atomic mass is 16.5. The molecular formula is C24H24N2O3. The molecule has 4 aromatic rings. The predicted octanol–water partition coefficient (Wildman–Crippen LogP) is 4.59. The van der Waals surface area contributed by atoms with Gasteiger partial charge in [-0.25, -0.2) is 0 Å². The summed E-state index contributed by atoms with van der Waals surface area (Å²) in [5.41, 5.74) is 3.41. The summed E-state index contributed by atoms with van der Waals surface area (Å²) < 4.78 is 13.5. The van der Waals surface area contributed by atoms with Crippen LogP contribution in [0.4, 0.5) is 0 Å². The maximum absolute atomic E-state index is 12.8. The highest BCUT2D eigenvalue weighted by Gasteiger charge is 2.18. The van der Waals surface area contributed by atoms with Gasteiger partial charge in [0.25, 0.3) is 5.91 Å². The molecule has 2 heterocycles. The summed E-state index contributed by atoms with van der Waals surface area (Å²) in [5.74, 6) is 1.53. The van der Waals surface area contributed by atoms with Crippen LogP contribution in [-0.4, -0.2) is 23.6 Å². The molecule has 0 unspecified atom stereocenters. The summed E-state index contributed by atoms with van der Waals surface area (Å²) in [7, 11) is 0. The fraction of sp³-hybridized carbons (Fsp3) is 0.208. The van der Waals surface area contributed by atoms with Crippen molar-refractivity contribution >= 4 is 17.0 Å². The molecule has 0 radical (unpaired) electrons. The minimum Gasteiger partial charge on any atom is -0.492 e. The summed E-state index contributed by atoms with van der Waals surface area (Å²) in [5, 5.41) is 3.02. The van der Waals surface area contributed by atoms with Crippen molar-refractivity contribution in [3.05, 3.63) is 89.8 Å². The van der Waals surface area contributed by atoms with Crippen LogP contribution in [0.25, 0.3) is 11.1 Å². The Hall–Kier alpha value is -3.47. The third kappa shape index (κ3) is 4.51. The van der Waals surface area contributed by atoms with E-state index in [2.05, 4.69) is 17.4 Å². The molecule has 5 nitrogen and oxygen atoms in total. The summed E-state index contributed by atoms with van der Waals surface area (Å²) in [6.07, 6.45) is 0.791. The fourth-order valence-corrected chi connectivity index (χ4v) is 3.42. The van der Waals surface area contributed by atoms with Crippen molar-refractivity contribution in [2.75, 3.05) is 13.2 Å². The monoisotopic (exact) mass is 388 g/mol. The van der Waals surface area contributed by atoms with E-state index in [4.69, 9.17) is 9.15 Å². The van der Waals surface area contributed by atoms with E-state index in [1.165, 1.54) is 5.56 Å². The molecular weight excluding hydrogens is 364 g/mol. The molecule has 0 saturated heterocycles. The van der Waals surface area contributed by atoms with Crippen LogP contribution >= 0.6 is 0 Å². The first kappa shape index (κ1) is 18.9. The average molecular weight is 388 g/mol. The van der Waals surface area contributed by atoms with E-state index in [1.54, 1.807) is 0 Å². The summed E-state index contributed by atoms with van der Waals surface area (Å²) in [4.78, 5) is 12.8. The lowest BCUT2D eigenvalue weighted by molar-refractivity contribution is 0.0944. The molecule has 29 heavy (non-hydrogen) atoms. The van der Waals surface area contributed by atoms with Crippen LogP contribution in [0.2, 0.25) is 0 Å². The Kier molecular flexibility index (Phi) is 5.66. The van der Waals surface area contributed by atoms with E-state index in [-0.39, 0.29) is 5.91 Å². The summed E-state index contributed by atoms with van der Waals surface area (Å²) >= 11 is 0. The van der Waals surface area contributed by atoms with Crippen LogP contribution in [-0.2, 0) is 13.0 Å². The second-order valence-electron chi connectivity index (χ2n) is 6.94. The Morgan fingerprint density at radius 3 is 2.52 bits per heavy atom. The van der Waals surface area contributed by atoms with Gasteiger partial charge in [0, 0.05) is 18.7 Å².